The average molecular weight is 417 g/mol. The van der Waals surface area contributed by atoms with Crippen LogP contribution in [0.3, 0.4) is 0 Å². The fourth-order valence-electron chi connectivity index (χ4n) is 3.72. The normalized spacial score (nSPS) is 13.0. The zero-order valence-corrected chi connectivity index (χ0v) is 18.4. The first kappa shape index (κ1) is 20.8. The van der Waals surface area contributed by atoms with Gasteiger partial charge in [-0.15, -0.1) is 11.3 Å². The number of esters is 1. The highest BCUT2D eigenvalue weighted by molar-refractivity contribution is 7.80. The van der Waals surface area contributed by atoms with Gasteiger partial charge in [-0.05, 0) is 74.4 Å². The average Bonchev–Trinajstić information content (AvgIpc) is 3.05. The van der Waals surface area contributed by atoms with Crippen molar-refractivity contribution in [2.75, 3.05) is 17.2 Å². The van der Waals surface area contributed by atoms with Gasteiger partial charge in [0.15, 0.2) is 5.11 Å². The Morgan fingerprint density at radius 3 is 2.43 bits per heavy atom. The molecule has 6 heteroatoms. The van der Waals surface area contributed by atoms with Crippen molar-refractivity contribution in [2.45, 2.75) is 59.3 Å². The fourth-order valence-corrected chi connectivity index (χ4v) is 5.27. The maximum atomic E-state index is 12.6. The lowest BCUT2D eigenvalue weighted by Crippen LogP contribution is -2.22. The van der Waals surface area contributed by atoms with E-state index in [2.05, 4.69) is 42.7 Å². The number of benzene rings is 1. The van der Waals surface area contributed by atoms with Crippen molar-refractivity contribution in [3.05, 3.63) is 45.3 Å². The Morgan fingerprint density at radius 1 is 1.11 bits per heavy atom. The molecule has 0 radical (unpaired) electrons. The Labute approximate surface area is 176 Å². The first-order valence-corrected chi connectivity index (χ1v) is 11.3. The number of aryl methyl sites for hydroxylation is 3. The van der Waals surface area contributed by atoms with Gasteiger partial charge in [-0.3, -0.25) is 0 Å². The molecule has 1 aliphatic carbocycles. The number of para-hydroxylation sites is 1. The molecule has 0 saturated heterocycles. The predicted octanol–water partition coefficient (Wildman–Crippen LogP) is 5.74. The second-order valence-electron chi connectivity index (χ2n) is 6.87. The van der Waals surface area contributed by atoms with E-state index in [9.17, 15) is 4.79 Å². The number of carbonyl (C=O) groups is 1. The zero-order chi connectivity index (χ0) is 20.1. The molecule has 0 aliphatic heterocycles. The third kappa shape index (κ3) is 4.39. The van der Waals surface area contributed by atoms with Gasteiger partial charge in [0.2, 0.25) is 0 Å². The van der Waals surface area contributed by atoms with E-state index in [1.54, 1.807) is 11.3 Å². The number of hydrogen-bond donors (Lipinski definition) is 2. The number of fused-ring (bicyclic) bond motifs is 1. The molecule has 1 heterocycles. The highest BCUT2D eigenvalue weighted by Gasteiger charge is 2.26. The SMILES string of the molecule is CCOC(=O)c1c(NC(=S)Nc2c(CC)cccc2CC)sc2c1CCCC2. The minimum absolute atomic E-state index is 0.254. The number of thiophene rings is 1. The smallest absolute Gasteiger partial charge is 0.341 e. The standard InChI is InChI=1S/C22H28N2O2S2/c1-4-14-10-9-11-15(5-2)19(14)23-22(27)24-20-18(21(25)26-6-3)16-12-7-8-13-17(16)28-20/h9-11H,4-8,12-13H2,1-3H3,(H2,23,24,27). The molecule has 0 amide bonds. The number of rotatable bonds is 6. The number of anilines is 2. The van der Waals surface area contributed by atoms with Crippen LogP contribution in [0.1, 0.15) is 65.5 Å². The lowest BCUT2D eigenvalue weighted by atomic mass is 9.95. The van der Waals surface area contributed by atoms with Crippen molar-refractivity contribution in [1.29, 1.82) is 0 Å². The summed E-state index contributed by atoms with van der Waals surface area (Å²) in [6, 6.07) is 6.33. The summed E-state index contributed by atoms with van der Waals surface area (Å²) >= 11 is 7.25. The van der Waals surface area contributed by atoms with Crippen LogP contribution < -0.4 is 10.6 Å². The molecular formula is C22H28N2O2S2. The van der Waals surface area contributed by atoms with Crippen molar-refractivity contribution in [3.63, 3.8) is 0 Å². The van der Waals surface area contributed by atoms with Gasteiger partial charge in [0.05, 0.1) is 12.2 Å². The van der Waals surface area contributed by atoms with E-state index in [0.29, 0.717) is 17.3 Å². The number of ether oxygens (including phenoxy) is 1. The van der Waals surface area contributed by atoms with Crippen LogP contribution >= 0.6 is 23.6 Å². The molecule has 1 aromatic heterocycles. The van der Waals surface area contributed by atoms with E-state index in [1.165, 1.54) is 22.4 Å². The van der Waals surface area contributed by atoms with Crippen molar-refractivity contribution < 1.29 is 9.53 Å². The molecule has 0 fully saturated rings. The van der Waals surface area contributed by atoms with E-state index in [4.69, 9.17) is 17.0 Å². The van der Waals surface area contributed by atoms with Crippen LogP contribution in [-0.4, -0.2) is 17.7 Å². The lowest BCUT2D eigenvalue weighted by molar-refractivity contribution is 0.0526. The molecule has 3 rings (SSSR count). The molecule has 0 unspecified atom stereocenters. The molecule has 2 aromatic rings. The number of hydrogen-bond acceptors (Lipinski definition) is 4. The van der Waals surface area contributed by atoms with Crippen LogP contribution in [0.4, 0.5) is 10.7 Å². The summed E-state index contributed by atoms with van der Waals surface area (Å²) in [6.45, 7) is 6.49. The minimum Gasteiger partial charge on any atom is -0.462 e. The summed E-state index contributed by atoms with van der Waals surface area (Å²) in [4.78, 5) is 13.9. The van der Waals surface area contributed by atoms with Crippen LogP contribution in [0, 0.1) is 0 Å². The number of carbonyl (C=O) groups excluding carboxylic acids is 1. The Kier molecular flexibility index (Phi) is 7.08. The van der Waals surface area contributed by atoms with Crippen LogP contribution in [0.5, 0.6) is 0 Å². The van der Waals surface area contributed by atoms with Crippen molar-refractivity contribution in [3.8, 4) is 0 Å². The summed E-state index contributed by atoms with van der Waals surface area (Å²) in [5.74, 6) is -0.254. The Balaban J connectivity index is 1.87. The van der Waals surface area contributed by atoms with E-state index >= 15 is 0 Å². The van der Waals surface area contributed by atoms with Crippen LogP contribution in [0.2, 0.25) is 0 Å². The molecule has 4 nitrogen and oxygen atoms in total. The Hall–Kier alpha value is -1.92. The second-order valence-corrected chi connectivity index (χ2v) is 8.39. The lowest BCUT2D eigenvalue weighted by Gasteiger charge is -2.17. The van der Waals surface area contributed by atoms with Crippen molar-refractivity contribution in [2.24, 2.45) is 0 Å². The Morgan fingerprint density at radius 2 is 1.79 bits per heavy atom. The predicted molar refractivity (Wildman–Crippen MR) is 122 cm³/mol. The molecule has 0 bridgehead atoms. The molecule has 0 spiro atoms. The molecule has 0 atom stereocenters. The van der Waals surface area contributed by atoms with Gasteiger partial charge in [-0.1, -0.05) is 32.0 Å². The number of nitrogens with one attached hydrogen (secondary N) is 2. The van der Waals surface area contributed by atoms with Gasteiger partial charge in [0.25, 0.3) is 0 Å². The second kappa shape index (κ2) is 9.52. The third-order valence-corrected chi connectivity index (χ3v) is 6.53. The fraction of sp³-hybridized carbons (Fsp3) is 0.455. The quantitative estimate of drug-likeness (QED) is 0.465. The molecular weight excluding hydrogens is 388 g/mol. The maximum absolute atomic E-state index is 12.6. The van der Waals surface area contributed by atoms with Gasteiger partial charge in [-0.2, -0.15) is 0 Å². The first-order chi connectivity index (χ1) is 13.6. The van der Waals surface area contributed by atoms with Crippen molar-refractivity contribution in [1.82, 2.24) is 0 Å². The van der Waals surface area contributed by atoms with Gasteiger partial charge >= 0.3 is 5.97 Å². The van der Waals surface area contributed by atoms with E-state index in [-0.39, 0.29) is 5.97 Å². The summed E-state index contributed by atoms with van der Waals surface area (Å²) in [6.07, 6.45) is 6.09. The highest BCUT2D eigenvalue weighted by atomic mass is 32.1. The van der Waals surface area contributed by atoms with E-state index in [0.717, 1.165) is 48.4 Å². The van der Waals surface area contributed by atoms with Gasteiger partial charge in [0, 0.05) is 10.6 Å². The number of thiocarbonyl (C=S) groups is 1. The maximum Gasteiger partial charge on any atom is 0.341 e. The van der Waals surface area contributed by atoms with Gasteiger partial charge in [0.1, 0.15) is 5.00 Å². The molecule has 1 aliphatic rings. The molecule has 150 valence electrons. The molecule has 2 N–H and O–H groups in total. The third-order valence-electron chi connectivity index (χ3n) is 5.12. The summed E-state index contributed by atoms with van der Waals surface area (Å²) in [5.41, 5.74) is 5.36. The van der Waals surface area contributed by atoms with E-state index < -0.39 is 0 Å². The summed E-state index contributed by atoms with van der Waals surface area (Å²) in [7, 11) is 0. The van der Waals surface area contributed by atoms with E-state index in [1.807, 2.05) is 6.92 Å². The van der Waals surface area contributed by atoms with Crippen LogP contribution in [-0.2, 0) is 30.4 Å². The summed E-state index contributed by atoms with van der Waals surface area (Å²) < 4.78 is 5.33. The van der Waals surface area contributed by atoms with Crippen molar-refractivity contribution >= 4 is 45.3 Å². The summed E-state index contributed by atoms with van der Waals surface area (Å²) in [5, 5.41) is 7.99. The molecule has 1 aromatic carbocycles. The first-order valence-electron chi connectivity index (χ1n) is 10.1. The zero-order valence-electron chi connectivity index (χ0n) is 16.8. The molecule has 0 saturated carbocycles. The molecule has 28 heavy (non-hydrogen) atoms. The highest BCUT2D eigenvalue weighted by Crippen LogP contribution is 2.38. The minimum atomic E-state index is -0.254. The largest absolute Gasteiger partial charge is 0.462 e. The Bertz CT molecular complexity index is 851. The van der Waals surface area contributed by atoms with Gasteiger partial charge < -0.3 is 15.4 Å². The monoisotopic (exact) mass is 416 g/mol. The topological polar surface area (TPSA) is 50.4 Å². The van der Waals surface area contributed by atoms with Crippen LogP contribution in [0.25, 0.3) is 0 Å². The van der Waals surface area contributed by atoms with Crippen LogP contribution in [0.15, 0.2) is 18.2 Å². The van der Waals surface area contributed by atoms with Gasteiger partial charge in [-0.25, -0.2) is 4.79 Å².